The molecule has 132 valence electrons. The summed E-state index contributed by atoms with van der Waals surface area (Å²) in [5.41, 5.74) is 5.11. The lowest BCUT2D eigenvalue weighted by Crippen LogP contribution is -2.19. The number of hydrogen-bond acceptors (Lipinski definition) is 4. The van der Waals surface area contributed by atoms with Gasteiger partial charge in [0, 0.05) is 6.20 Å². The Morgan fingerprint density at radius 2 is 1.80 bits per heavy atom. The molecule has 1 aromatic carbocycles. The molecule has 0 aliphatic rings. The topological polar surface area (TPSA) is 68.3 Å². The smallest absolute Gasteiger partial charge is 0.358 e. The highest BCUT2D eigenvalue weighted by Gasteiger charge is 2.17. The quantitative estimate of drug-likeness (QED) is 0.818. The molecule has 0 aliphatic heterocycles. The number of aromatic nitrogens is 1. The number of methoxy groups -OCH3 is 1. The second kappa shape index (κ2) is 8.42. The summed E-state index contributed by atoms with van der Waals surface area (Å²) in [5, 5.41) is 2.79. The van der Waals surface area contributed by atoms with Crippen molar-refractivity contribution in [3.8, 4) is 0 Å². The Morgan fingerprint density at radius 1 is 1.16 bits per heavy atom. The van der Waals surface area contributed by atoms with Gasteiger partial charge in [0.15, 0.2) is 5.69 Å². The lowest BCUT2D eigenvalue weighted by molar-refractivity contribution is -0.115. The number of nitrogens with zero attached hydrogens (tertiary/aromatic N) is 1. The first-order valence-electron chi connectivity index (χ1n) is 8.44. The van der Waals surface area contributed by atoms with Crippen LogP contribution in [0.4, 0.5) is 5.69 Å². The maximum Gasteiger partial charge on any atom is 0.358 e. The highest BCUT2D eigenvalue weighted by Crippen LogP contribution is 2.21. The molecule has 1 N–H and O–H groups in total. The molecule has 25 heavy (non-hydrogen) atoms. The fraction of sp³-hybridized carbons (Fsp3) is 0.350. The number of aryl methyl sites for hydroxylation is 3. The van der Waals surface area contributed by atoms with Crippen LogP contribution in [0, 0.1) is 6.92 Å². The van der Waals surface area contributed by atoms with Crippen LogP contribution >= 0.6 is 0 Å². The lowest BCUT2D eigenvalue weighted by atomic mass is 9.92. The predicted molar refractivity (Wildman–Crippen MR) is 97.8 cm³/mol. The number of amides is 1. The van der Waals surface area contributed by atoms with Crippen LogP contribution in [0.3, 0.4) is 0 Å². The van der Waals surface area contributed by atoms with Gasteiger partial charge in [-0.3, -0.25) is 4.79 Å². The highest BCUT2D eigenvalue weighted by atomic mass is 16.5. The Bertz CT molecular complexity index is 759. The third-order valence-corrected chi connectivity index (χ3v) is 4.14. The standard InChI is InChI=1S/C20H24N2O3/c1-5-14-10-13(3)11-15(6-2)16(14)12-18(23)22-17-8-7-9-21-19(17)20(24)25-4/h7-11H,5-6,12H2,1-4H3,(H,22,23). The minimum atomic E-state index is -0.574. The maximum absolute atomic E-state index is 12.6. The molecule has 1 aromatic heterocycles. The molecule has 2 rings (SSSR count). The molecule has 0 saturated carbocycles. The Kier molecular flexibility index (Phi) is 6.28. The van der Waals surface area contributed by atoms with Crippen LogP contribution in [0.5, 0.6) is 0 Å². The molecule has 0 aliphatic carbocycles. The Balaban J connectivity index is 2.26. The molecule has 0 saturated heterocycles. The Hall–Kier alpha value is -2.69. The van der Waals surface area contributed by atoms with Crippen LogP contribution < -0.4 is 5.32 Å². The summed E-state index contributed by atoms with van der Waals surface area (Å²) < 4.78 is 4.71. The Morgan fingerprint density at radius 3 is 2.36 bits per heavy atom. The molecule has 0 bridgehead atoms. The second-order valence-corrected chi connectivity index (χ2v) is 5.88. The molecule has 0 fully saturated rings. The molecule has 5 heteroatoms. The Labute approximate surface area is 148 Å². The number of rotatable bonds is 6. The molecular formula is C20H24N2O3. The zero-order valence-corrected chi connectivity index (χ0v) is 15.2. The van der Waals surface area contributed by atoms with E-state index in [1.54, 1.807) is 12.1 Å². The number of pyridine rings is 1. The minimum Gasteiger partial charge on any atom is -0.464 e. The molecular weight excluding hydrogens is 316 g/mol. The van der Waals surface area contributed by atoms with Crippen molar-refractivity contribution in [3.05, 3.63) is 58.4 Å². The first-order valence-corrected chi connectivity index (χ1v) is 8.44. The number of benzene rings is 1. The fourth-order valence-electron chi connectivity index (χ4n) is 2.95. The summed E-state index contributed by atoms with van der Waals surface area (Å²) in [5.74, 6) is -0.749. The van der Waals surface area contributed by atoms with Crippen LogP contribution in [-0.4, -0.2) is 24.0 Å². The lowest BCUT2D eigenvalue weighted by Gasteiger charge is -2.15. The van der Waals surface area contributed by atoms with E-state index in [1.807, 2.05) is 0 Å². The monoisotopic (exact) mass is 340 g/mol. The molecule has 2 aromatic rings. The number of ether oxygens (including phenoxy) is 1. The molecule has 5 nitrogen and oxygen atoms in total. The van der Waals surface area contributed by atoms with Gasteiger partial charge in [0.2, 0.25) is 5.91 Å². The number of carbonyl (C=O) groups excluding carboxylic acids is 2. The molecule has 1 heterocycles. The summed E-state index contributed by atoms with van der Waals surface area (Å²) >= 11 is 0. The van der Waals surface area contributed by atoms with Crippen molar-refractivity contribution in [2.24, 2.45) is 0 Å². The summed E-state index contributed by atoms with van der Waals surface area (Å²) in [6.45, 7) is 6.25. The van der Waals surface area contributed by atoms with Crippen LogP contribution in [-0.2, 0) is 28.8 Å². The predicted octanol–water partition coefficient (Wildman–Crippen LogP) is 3.48. The average Bonchev–Trinajstić information content (AvgIpc) is 2.62. The van der Waals surface area contributed by atoms with Gasteiger partial charge in [-0.15, -0.1) is 0 Å². The molecule has 1 amide bonds. The van der Waals surface area contributed by atoms with Crippen LogP contribution in [0.25, 0.3) is 0 Å². The number of anilines is 1. The first-order chi connectivity index (χ1) is 12.0. The number of carbonyl (C=O) groups is 2. The summed E-state index contributed by atoms with van der Waals surface area (Å²) in [4.78, 5) is 28.4. The van der Waals surface area contributed by atoms with Gasteiger partial charge >= 0.3 is 5.97 Å². The van der Waals surface area contributed by atoms with E-state index in [1.165, 1.54) is 30.0 Å². The SMILES string of the molecule is CCc1cc(C)cc(CC)c1CC(=O)Nc1cccnc1C(=O)OC. The second-order valence-electron chi connectivity index (χ2n) is 5.88. The highest BCUT2D eigenvalue weighted by molar-refractivity contribution is 6.00. The number of nitrogens with one attached hydrogen (secondary N) is 1. The third-order valence-electron chi connectivity index (χ3n) is 4.14. The molecule has 0 radical (unpaired) electrons. The van der Waals surface area contributed by atoms with E-state index in [-0.39, 0.29) is 18.0 Å². The van der Waals surface area contributed by atoms with E-state index in [2.05, 4.69) is 43.2 Å². The van der Waals surface area contributed by atoms with Gasteiger partial charge in [0.25, 0.3) is 0 Å². The first kappa shape index (κ1) is 18.6. The van der Waals surface area contributed by atoms with Gasteiger partial charge in [-0.1, -0.05) is 31.5 Å². The summed E-state index contributed by atoms with van der Waals surface area (Å²) in [6.07, 6.45) is 3.50. The van der Waals surface area contributed by atoms with Gasteiger partial charge in [-0.2, -0.15) is 0 Å². The van der Waals surface area contributed by atoms with E-state index in [0.29, 0.717) is 5.69 Å². The summed E-state index contributed by atoms with van der Waals surface area (Å²) in [6, 6.07) is 7.58. The zero-order valence-electron chi connectivity index (χ0n) is 15.2. The van der Waals surface area contributed by atoms with Gasteiger partial charge in [-0.25, -0.2) is 9.78 Å². The van der Waals surface area contributed by atoms with Crippen molar-refractivity contribution in [3.63, 3.8) is 0 Å². The zero-order chi connectivity index (χ0) is 18.4. The summed E-state index contributed by atoms with van der Waals surface area (Å²) in [7, 11) is 1.29. The van der Waals surface area contributed by atoms with Crippen molar-refractivity contribution in [2.45, 2.75) is 40.0 Å². The van der Waals surface area contributed by atoms with Crippen LogP contribution in [0.15, 0.2) is 30.5 Å². The molecule has 0 spiro atoms. The van der Waals surface area contributed by atoms with Gasteiger partial charge in [0.05, 0.1) is 19.2 Å². The van der Waals surface area contributed by atoms with E-state index in [4.69, 9.17) is 4.74 Å². The average molecular weight is 340 g/mol. The molecule has 0 atom stereocenters. The largest absolute Gasteiger partial charge is 0.464 e. The fourth-order valence-corrected chi connectivity index (χ4v) is 2.95. The van der Waals surface area contributed by atoms with Crippen LogP contribution in [0.2, 0.25) is 0 Å². The van der Waals surface area contributed by atoms with Gasteiger partial charge in [-0.05, 0) is 48.6 Å². The van der Waals surface area contributed by atoms with E-state index < -0.39 is 5.97 Å². The van der Waals surface area contributed by atoms with Crippen LogP contribution in [0.1, 0.15) is 46.6 Å². The van der Waals surface area contributed by atoms with E-state index in [9.17, 15) is 9.59 Å². The third kappa shape index (κ3) is 4.44. The molecule has 0 unspecified atom stereocenters. The number of esters is 1. The maximum atomic E-state index is 12.6. The van der Waals surface area contributed by atoms with Crippen molar-refractivity contribution < 1.29 is 14.3 Å². The normalized spacial score (nSPS) is 10.4. The van der Waals surface area contributed by atoms with Crippen molar-refractivity contribution in [2.75, 3.05) is 12.4 Å². The van der Waals surface area contributed by atoms with Crippen molar-refractivity contribution in [1.29, 1.82) is 0 Å². The van der Waals surface area contributed by atoms with E-state index >= 15 is 0 Å². The van der Waals surface area contributed by atoms with E-state index in [0.717, 1.165) is 18.4 Å². The van der Waals surface area contributed by atoms with Crippen molar-refractivity contribution >= 4 is 17.6 Å². The van der Waals surface area contributed by atoms with Crippen molar-refractivity contribution in [1.82, 2.24) is 4.98 Å². The number of hydrogen-bond donors (Lipinski definition) is 1. The van der Waals surface area contributed by atoms with Gasteiger partial charge in [0.1, 0.15) is 0 Å². The van der Waals surface area contributed by atoms with Gasteiger partial charge < -0.3 is 10.1 Å². The minimum absolute atomic E-state index is 0.105.